The highest BCUT2D eigenvalue weighted by atomic mass is 79.9. The molecule has 0 heterocycles. The molecule has 2 N–H and O–H groups in total. The molecule has 39 heavy (non-hydrogen) atoms. The van der Waals surface area contributed by atoms with Crippen molar-refractivity contribution in [1.82, 2.24) is 5.32 Å². The van der Waals surface area contributed by atoms with Crippen LogP contribution in [0.5, 0.6) is 0 Å². The Labute approximate surface area is 239 Å². The number of alkyl halides is 1. The van der Waals surface area contributed by atoms with E-state index < -0.39 is 18.5 Å². The highest BCUT2D eigenvalue weighted by Crippen LogP contribution is 1.87. The van der Waals surface area contributed by atoms with E-state index >= 15 is 0 Å². The molecule has 0 atom stereocenters. The van der Waals surface area contributed by atoms with Gasteiger partial charge in [-0.3, -0.25) is 4.79 Å². The summed E-state index contributed by atoms with van der Waals surface area (Å²) in [6, 6.07) is 0. The molecular weight excluding hydrogens is 590 g/mol. The van der Waals surface area contributed by atoms with Crippen LogP contribution < -0.4 is 5.32 Å². The van der Waals surface area contributed by atoms with Crippen molar-refractivity contribution >= 4 is 27.8 Å². The number of ether oxygens (including phenoxy) is 10. The van der Waals surface area contributed by atoms with Crippen molar-refractivity contribution in [2.24, 2.45) is 0 Å². The van der Waals surface area contributed by atoms with E-state index in [9.17, 15) is 9.59 Å². The predicted molar refractivity (Wildman–Crippen MR) is 143 cm³/mol. The smallest absolute Gasteiger partial charge is 0.329 e. The Bertz CT molecular complexity index is 534. The molecule has 0 aromatic carbocycles. The summed E-state index contributed by atoms with van der Waals surface area (Å²) in [6.45, 7) is 8.36. The average Bonchev–Trinajstić information content (AvgIpc) is 2.92. The summed E-state index contributed by atoms with van der Waals surface area (Å²) >= 11 is 3.29. The maximum atomic E-state index is 11.3. The van der Waals surface area contributed by atoms with Gasteiger partial charge >= 0.3 is 5.97 Å². The van der Waals surface area contributed by atoms with Crippen molar-refractivity contribution in [3.8, 4) is 0 Å². The molecule has 0 unspecified atom stereocenters. The molecule has 0 aliphatic heterocycles. The summed E-state index contributed by atoms with van der Waals surface area (Å²) in [5.41, 5.74) is 0. The van der Waals surface area contributed by atoms with Gasteiger partial charge in [-0.25, -0.2) is 4.79 Å². The topological polar surface area (TPSA) is 159 Å². The Morgan fingerprint density at radius 3 is 1.08 bits per heavy atom. The Morgan fingerprint density at radius 1 is 0.462 bits per heavy atom. The molecule has 14 nitrogen and oxygen atoms in total. The van der Waals surface area contributed by atoms with Gasteiger partial charge < -0.3 is 57.8 Å². The van der Waals surface area contributed by atoms with E-state index in [4.69, 9.17) is 47.7 Å². The highest BCUT2D eigenvalue weighted by Gasteiger charge is 2.03. The number of aliphatic carboxylic acids is 1. The summed E-state index contributed by atoms with van der Waals surface area (Å²) < 4.78 is 53.1. The number of carbonyl (C=O) groups is 2. The molecule has 1 amide bonds. The van der Waals surface area contributed by atoms with Crippen LogP contribution in [-0.4, -0.2) is 161 Å². The molecule has 0 aromatic rings. The number of nitrogens with one attached hydrogen (secondary N) is 1. The van der Waals surface area contributed by atoms with Gasteiger partial charge in [0.05, 0.1) is 119 Å². The van der Waals surface area contributed by atoms with Gasteiger partial charge in [0, 0.05) is 11.9 Å². The molecule has 0 fully saturated rings. The molecule has 0 aromatic heterocycles. The van der Waals surface area contributed by atoms with E-state index in [-0.39, 0.29) is 6.61 Å². The minimum Gasteiger partial charge on any atom is -0.480 e. The van der Waals surface area contributed by atoms with Gasteiger partial charge in [-0.2, -0.15) is 0 Å². The summed E-state index contributed by atoms with van der Waals surface area (Å²) in [5.74, 6) is -1.52. The highest BCUT2D eigenvalue weighted by molar-refractivity contribution is 9.09. The number of hydrogen-bond donors (Lipinski definition) is 2. The SMILES string of the molecule is O=C(O)COCC(=O)NCCOCCOCCOCCOCCOCCOCCOCCOCCOCCBr. The minimum atomic E-state index is -1.12. The lowest BCUT2D eigenvalue weighted by Crippen LogP contribution is -2.31. The molecular formula is C24H46BrNO13. The lowest BCUT2D eigenvalue weighted by atomic mass is 10.6. The number of hydrogen-bond acceptors (Lipinski definition) is 12. The quantitative estimate of drug-likeness (QED) is 0.0718. The molecule has 0 radical (unpaired) electrons. The third kappa shape index (κ3) is 35.0. The second-order valence-electron chi connectivity index (χ2n) is 7.44. The van der Waals surface area contributed by atoms with Crippen molar-refractivity contribution in [3.05, 3.63) is 0 Å². The maximum absolute atomic E-state index is 11.3. The number of carboxylic acids is 1. The van der Waals surface area contributed by atoms with E-state index in [0.29, 0.717) is 125 Å². The number of amides is 1. The van der Waals surface area contributed by atoms with Crippen LogP contribution in [0.3, 0.4) is 0 Å². The summed E-state index contributed by atoms with van der Waals surface area (Å²) in [5, 5.41) is 11.8. The van der Waals surface area contributed by atoms with Crippen LogP contribution >= 0.6 is 15.9 Å². The van der Waals surface area contributed by atoms with Gasteiger partial charge in [0.1, 0.15) is 13.2 Å². The molecule has 0 saturated heterocycles. The zero-order valence-corrected chi connectivity index (χ0v) is 24.4. The third-order valence-electron chi connectivity index (χ3n) is 4.22. The van der Waals surface area contributed by atoms with Gasteiger partial charge in [0.15, 0.2) is 0 Å². The zero-order chi connectivity index (χ0) is 28.5. The summed E-state index contributed by atoms with van der Waals surface area (Å²) in [6.07, 6.45) is 0. The van der Waals surface area contributed by atoms with Gasteiger partial charge in [-0.05, 0) is 0 Å². The summed E-state index contributed by atoms with van der Waals surface area (Å²) in [7, 11) is 0. The molecule has 0 aliphatic rings. The van der Waals surface area contributed by atoms with Crippen molar-refractivity contribution in [2.75, 3.05) is 144 Å². The van der Waals surface area contributed by atoms with Crippen molar-refractivity contribution < 1.29 is 62.1 Å². The van der Waals surface area contributed by atoms with Gasteiger partial charge in [0.25, 0.3) is 0 Å². The number of carboxylic acid groups (broad SMARTS) is 1. The average molecular weight is 637 g/mol. The lowest BCUT2D eigenvalue weighted by molar-refractivity contribution is -0.143. The van der Waals surface area contributed by atoms with Crippen LogP contribution in [0.1, 0.15) is 0 Å². The standard InChI is InChI=1S/C24H46BrNO13/c25-1-3-30-5-7-32-9-11-34-13-15-36-17-19-38-20-18-37-16-14-35-12-10-33-8-6-31-4-2-26-23(27)21-39-22-24(28)29/h1-22H2,(H,26,27)(H,28,29). The Morgan fingerprint density at radius 2 is 0.769 bits per heavy atom. The van der Waals surface area contributed by atoms with Gasteiger partial charge in [-0.1, -0.05) is 15.9 Å². The van der Waals surface area contributed by atoms with Gasteiger partial charge in [-0.15, -0.1) is 0 Å². The number of rotatable bonds is 33. The molecule has 0 spiro atoms. The van der Waals surface area contributed by atoms with Crippen LogP contribution in [0.2, 0.25) is 0 Å². The second-order valence-corrected chi connectivity index (χ2v) is 8.23. The number of halogens is 1. The van der Waals surface area contributed by atoms with Crippen molar-refractivity contribution in [1.29, 1.82) is 0 Å². The maximum Gasteiger partial charge on any atom is 0.329 e. The predicted octanol–water partition coefficient (Wildman–Crippen LogP) is -0.252. The molecule has 0 aliphatic carbocycles. The normalized spacial score (nSPS) is 11.2. The fourth-order valence-corrected chi connectivity index (χ4v) is 2.69. The minimum absolute atomic E-state index is 0.298. The second kappa shape index (κ2) is 33.2. The molecule has 0 rings (SSSR count). The largest absolute Gasteiger partial charge is 0.480 e. The van der Waals surface area contributed by atoms with E-state index in [1.165, 1.54) is 0 Å². The van der Waals surface area contributed by atoms with Crippen LogP contribution in [0, 0.1) is 0 Å². The van der Waals surface area contributed by atoms with E-state index in [0.717, 1.165) is 5.33 Å². The Hall–Kier alpha value is -0.980. The number of carbonyl (C=O) groups excluding carboxylic acids is 1. The van der Waals surface area contributed by atoms with E-state index in [2.05, 4.69) is 26.0 Å². The summed E-state index contributed by atoms with van der Waals surface area (Å²) in [4.78, 5) is 21.6. The molecule has 0 bridgehead atoms. The lowest BCUT2D eigenvalue weighted by Gasteiger charge is -2.09. The first-order valence-corrected chi connectivity index (χ1v) is 14.1. The van der Waals surface area contributed by atoms with E-state index in [1.54, 1.807) is 0 Å². The first-order chi connectivity index (χ1) is 19.2. The Kier molecular flexibility index (Phi) is 32.4. The van der Waals surface area contributed by atoms with Crippen molar-refractivity contribution in [2.45, 2.75) is 0 Å². The molecule has 232 valence electrons. The molecule has 0 saturated carbocycles. The van der Waals surface area contributed by atoms with Crippen LogP contribution in [0.4, 0.5) is 0 Å². The first-order valence-electron chi connectivity index (χ1n) is 13.0. The third-order valence-corrected chi connectivity index (χ3v) is 4.55. The Balaban J connectivity index is 3.08. The first kappa shape index (κ1) is 38.0. The fourth-order valence-electron chi connectivity index (χ4n) is 2.46. The van der Waals surface area contributed by atoms with Crippen molar-refractivity contribution in [3.63, 3.8) is 0 Å². The van der Waals surface area contributed by atoms with Crippen LogP contribution in [0.25, 0.3) is 0 Å². The van der Waals surface area contributed by atoms with Crippen LogP contribution in [0.15, 0.2) is 0 Å². The molecule has 15 heteroatoms. The monoisotopic (exact) mass is 635 g/mol. The zero-order valence-electron chi connectivity index (χ0n) is 22.8. The van der Waals surface area contributed by atoms with Gasteiger partial charge in [0.2, 0.25) is 5.91 Å². The van der Waals surface area contributed by atoms with E-state index in [1.807, 2.05) is 0 Å². The fraction of sp³-hybridized carbons (Fsp3) is 0.917. The van der Waals surface area contributed by atoms with Crippen LogP contribution in [-0.2, 0) is 57.0 Å².